The molecule has 1 aliphatic rings. The summed E-state index contributed by atoms with van der Waals surface area (Å²) in [5.41, 5.74) is 4.33. The number of amides is 2. The Kier molecular flexibility index (Phi) is 10.5. The third kappa shape index (κ3) is 8.19. The molecule has 1 aliphatic carbocycles. The molecule has 3 aromatic carbocycles. The van der Waals surface area contributed by atoms with Gasteiger partial charge in [-0.3, -0.25) is 9.59 Å². The zero-order chi connectivity index (χ0) is 30.9. The van der Waals surface area contributed by atoms with Crippen molar-refractivity contribution < 1.29 is 44.3 Å². The predicted molar refractivity (Wildman–Crippen MR) is 159 cm³/mol. The molecule has 1 atom stereocenters. The molecule has 0 heterocycles. The second kappa shape index (κ2) is 14.5. The number of thioether (sulfide) groups is 1. The van der Waals surface area contributed by atoms with Gasteiger partial charge in [0.2, 0.25) is 5.91 Å². The number of phenolic OH excluding ortho intramolecular Hbond substituents is 3. The fourth-order valence-electron chi connectivity index (χ4n) is 4.91. The van der Waals surface area contributed by atoms with Gasteiger partial charge in [0.25, 0.3) is 0 Å². The summed E-state index contributed by atoms with van der Waals surface area (Å²) in [6, 6.07) is 16.7. The molecule has 0 bridgehead atoms. The van der Waals surface area contributed by atoms with Gasteiger partial charge < -0.3 is 35.8 Å². The summed E-state index contributed by atoms with van der Waals surface area (Å²) < 4.78 is 5.44. The van der Waals surface area contributed by atoms with Crippen molar-refractivity contribution in [3.8, 4) is 28.4 Å². The highest BCUT2D eigenvalue weighted by molar-refractivity contribution is 8.13. The lowest BCUT2D eigenvalue weighted by molar-refractivity contribution is -0.139. The number of ether oxygens (including phenoxy) is 1. The van der Waals surface area contributed by atoms with Crippen LogP contribution in [0.3, 0.4) is 0 Å². The number of phenols is 3. The Labute approximate surface area is 251 Å². The maximum atomic E-state index is 12.5. The Bertz CT molecular complexity index is 1440. The largest absolute Gasteiger partial charge is 0.508 e. The molecular weight excluding hydrogens is 576 g/mol. The van der Waals surface area contributed by atoms with Gasteiger partial charge in [-0.05, 0) is 41.5 Å². The lowest BCUT2D eigenvalue weighted by Gasteiger charge is -2.17. The van der Waals surface area contributed by atoms with Crippen LogP contribution in [0.5, 0.6) is 17.2 Å². The normalized spacial score (nSPS) is 12.6. The number of fused-ring (bicyclic) bond motifs is 3. The molecule has 0 fully saturated rings. The second-order valence-electron chi connectivity index (χ2n) is 10.0. The summed E-state index contributed by atoms with van der Waals surface area (Å²) in [4.78, 5) is 48.4. The zero-order valence-corrected chi connectivity index (χ0v) is 23.9. The van der Waals surface area contributed by atoms with E-state index < -0.39 is 35.5 Å². The first-order chi connectivity index (χ1) is 20.6. The average molecular weight is 609 g/mol. The van der Waals surface area contributed by atoms with Gasteiger partial charge in [0.15, 0.2) is 5.12 Å². The number of aromatic hydroxyl groups is 3. The number of benzene rings is 3. The number of nitrogens with one attached hydrogen (secondary N) is 2. The first-order valence-corrected chi connectivity index (χ1v) is 14.6. The van der Waals surface area contributed by atoms with Crippen LogP contribution in [0, 0.1) is 0 Å². The number of carboxylic acid groups (broad SMARTS) is 1. The molecule has 2 amide bonds. The number of rotatable bonds is 13. The van der Waals surface area contributed by atoms with E-state index in [0.29, 0.717) is 12.8 Å². The summed E-state index contributed by atoms with van der Waals surface area (Å²) in [6.45, 7) is 0.264. The van der Waals surface area contributed by atoms with E-state index in [2.05, 4.69) is 10.6 Å². The number of carboxylic acids is 1. The fraction of sp³-hybridized carbons (Fsp3) is 0.290. The molecule has 12 heteroatoms. The summed E-state index contributed by atoms with van der Waals surface area (Å²) in [5, 5.41) is 43.0. The van der Waals surface area contributed by atoms with Crippen molar-refractivity contribution in [1.29, 1.82) is 0 Å². The van der Waals surface area contributed by atoms with E-state index in [4.69, 9.17) is 4.74 Å². The molecule has 0 radical (unpaired) electrons. The quantitative estimate of drug-likeness (QED) is 0.121. The Morgan fingerprint density at radius 3 is 2.09 bits per heavy atom. The number of aliphatic carboxylic acids is 1. The minimum Gasteiger partial charge on any atom is -0.508 e. The van der Waals surface area contributed by atoms with Crippen LogP contribution in [-0.2, 0) is 24.9 Å². The van der Waals surface area contributed by atoms with Gasteiger partial charge in [-0.25, -0.2) is 9.59 Å². The van der Waals surface area contributed by atoms with Gasteiger partial charge in [-0.2, -0.15) is 0 Å². The molecule has 0 saturated heterocycles. The average Bonchev–Trinajstić information content (AvgIpc) is 3.28. The predicted octanol–water partition coefficient (Wildman–Crippen LogP) is 4.23. The molecule has 4 rings (SSSR count). The Morgan fingerprint density at radius 1 is 0.884 bits per heavy atom. The van der Waals surface area contributed by atoms with Crippen molar-refractivity contribution in [3.05, 3.63) is 77.4 Å². The van der Waals surface area contributed by atoms with Gasteiger partial charge in [0, 0.05) is 35.9 Å². The van der Waals surface area contributed by atoms with Gasteiger partial charge in [0.05, 0.1) is 6.42 Å². The van der Waals surface area contributed by atoms with Crippen LogP contribution < -0.4 is 10.6 Å². The minimum atomic E-state index is -1.20. The van der Waals surface area contributed by atoms with Crippen molar-refractivity contribution in [2.75, 3.05) is 13.2 Å². The van der Waals surface area contributed by atoms with Crippen molar-refractivity contribution in [2.24, 2.45) is 0 Å². The van der Waals surface area contributed by atoms with Crippen molar-refractivity contribution in [2.45, 2.75) is 43.4 Å². The number of hydrogen-bond donors (Lipinski definition) is 6. The number of alkyl carbamates (subject to hydrolysis) is 1. The van der Waals surface area contributed by atoms with Crippen LogP contribution in [0.2, 0.25) is 0 Å². The Morgan fingerprint density at radius 2 is 1.49 bits per heavy atom. The first-order valence-electron chi connectivity index (χ1n) is 13.6. The molecule has 3 aromatic rings. The van der Waals surface area contributed by atoms with Crippen molar-refractivity contribution in [3.63, 3.8) is 0 Å². The molecule has 11 nitrogen and oxygen atoms in total. The third-order valence-corrected chi connectivity index (χ3v) is 7.94. The number of unbranched alkanes of at least 4 members (excludes halogenated alkanes) is 1. The number of hydrogen-bond acceptors (Lipinski definition) is 9. The molecule has 0 spiro atoms. The fourth-order valence-corrected chi connectivity index (χ4v) is 5.75. The monoisotopic (exact) mass is 608 g/mol. The van der Waals surface area contributed by atoms with Gasteiger partial charge in [-0.1, -0.05) is 60.3 Å². The van der Waals surface area contributed by atoms with Crippen molar-refractivity contribution in [1.82, 2.24) is 10.6 Å². The highest BCUT2D eigenvalue weighted by Gasteiger charge is 2.29. The lowest BCUT2D eigenvalue weighted by Crippen LogP contribution is -2.41. The van der Waals surface area contributed by atoms with Gasteiger partial charge in [0.1, 0.15) is 29.9 Å². The van der Waals surface area contributed by atoms with Gasteiger partial charge >= 0.3 is 12.1 Å². The molecule has 0 saturated carbocycles. The third-order valence-electron chi connectivity index (χ3n) is 7.05. The maximum absolute atomic E-state index is 12.5. The summed E-state index contributed by atoms with van der Waals surface area (Å²) in [6.07, 6.45) is -0.344. The number of carbonyl (C=O) groups excluding carboxylic acids is 3. The summed E-state index contributed by atoms with van der Waals surface area (Å²) in [5.74, 6) is -3.02. The molecule has 226 valence electrons. The SMILES string of the molecule is O=C(CC(=O)SCc1c(O)cc(O)cc1O)NCCCC[C@H](NC(=O)OCC1c2ccccc2-c2ccccc21)C(=O)O. The van der Waals surface area contributed by atoms with E-state index in [1.54, 1.807) is 0 Å². The lowest BCUT2D eigenvalue weighted by atomic mass is 9.98. The van der Waals surface area contributed by atoms with E-state index in [0.717, 1.165) is 46.1 Å². The topological polar surface area (TPSA) is 182 Å². The van der Waals surface area contributed by atoms with Crippen LogP contribution in [0.25, 0.3) is 11.1 Å². The minimum absolute atomic E-state index is 0.0620. The highest BCUT2D eigenvalue weighted by atomic mass is 32.2. The standard InChI is InChI=1S/C31H32N2O9S/c34-18-13-26(35)24(27(36)14-18)17-43-29(38)15-28(37)32-12-6-5-11-25(30(39)40)33-31(41)42-16-23-21-9-3-1-7-19(21)20-8-2-4-10-22(20)23/h1-4,7-10,13-14,23,25,34-36H,5-6,11-12,15-17H2,(H,32,37)(H,33,41)(H,39,40)/t25-/m0/s1. The highest BCUT2D eigenvalue weighted by Crippen LogP contribution is 2.44. The van der Waals surface area contributed by atoms with E-state index in [1.807, 2.05) is 48.5 Å². The molecule has 43 heavy (non-hydrogen) atoms. The zero-order valence-electron chi connectivity index (χ0n) is 23.1. The van der Waals surface area contributed by atoms with Crippen LogP contribution in [-0.4, -0.2) is 62.7 Å². The van der Waals surface area contributed by atoms with E-state index >= 15 is 0 Å². The summed E-state index contributed by atoms with van der Waals surface area (Å²) in [7, 11) is 0. The van der Waals surface area contributed by atoms with E-state index in [9.17, 15) is 39.6 Å². The smallest absolute Gasteiger partial charge is 0.407 e. The van der Waals surface area contributed by atoms with E-state index in [1.165, 1.54) is 0 Å². The van der Waals surface area contributed by atoms with Crippen molar-refractivity contribution >= 4 is 34.8 Å². The van der Waals surface area contributed by atoms with Crippen LogP contribution >= 0.6 is 11.8 Å². The Balaban J connectivity index is 1.15. The van der Waals surface area contributed by atoms with E-state index in [-0.39, 0.29) is 54.1 Å². The second-order valence-corrected chi connectivity index (χ2v) is 11.0. The maximum Gasteiger partial charge on any atom is 0.407 e. The van der Waals surface area contributed by atoms with Gasteiger partial charge in [-0.15, -0.1) is 0 Å². The molecule has 0 aliphatic heterocycles. The summed E-state index contributed by atoms with van der Waals surface area (Å²) >= 11 is 0.735. The Hall–Kier alpha value is -4.71. The molecule has 6 N–H and O–H groups in total. The first kappa shape index (κ1) is 31.2. The van der Waals surface area contributed by atoms with Crippen LogP contribution in [0.4, 0.5) is 4.79 Å². The number of carbonyl (C=O) groups is 4. The van der Waals surface area contributed by atoms with Crippen LogP contribution in [0.15, 0.2) is 60.7 Å². The molecular formula is C31H32N2O9S. The van der Waals surface area contributed by atoms with Crippen LogP contribution in [0.1, 0.15) is 48.3 Å². The molecule has 0 unspecified atom stereocenters. The molecule has 0 aromatic heterocycles.